The third kappa shape index (κ3) is 7.96. The van der Waals surface area contributed by atoms with Gasteiger partial charge in [0.05, 0.1) is 0 Å². The van der Waals surface area contributed by atoms with Crippen LogP contribution in [-0.2, 0) is 9.47 Å². The molecule has 13 heavy (non-hydrogen) atoms. The van der Waals surface area contributed by atoms with E-state index >= 15 is 0 Å². The summed E-state index contributed by atoms with van der Waals surface area (Å²) in [5.41, 5.74) is 1.12. The smallest absolute Gasteiger partial charge is 0.169 e. The lowest BCUT2D eigenvalue weighted by atomic mass is 10.3. The Kier molecular flexibility index (Phi) is 7.99. The molecule has 0 aromatic rings. The van der Waals surface area contributed by atoms with Gasteiger partial charge in [-0.2, -0.15) is 0 Å². The van der Waals surface area contributed by atoms with Crippen LogP contribution in [0.15, 0.2) is 12.2 Å². The van der Waals surface area contributed by atoms with E-state index in [0.717, 1.165) is 12.1 Å². The van der Waals surface area contributed by atoms with Crippen LogP contribution in [0.2, 0.25) is 0 Å². The predicted octanol–water partition coefficient (Wildman–Crippen LogP) is 1.55. The van der Waals surface area contributed by atoms with Gasteiger partial charge in [-0.15, -0.1) is 0 Å². The third-order valence-electron chi connectivity index (χ3n) is 1.44. The lowest BCUT2D eigenvalue weighted by Crippen LogP contribution is -2.32. The summed E-state index contributed by atoms with van der Waals surface area (Å²) in [7, 11) is 0. The van der Waals surface area contributed by atoms with Crippen LogP contribution in [0.1, 0.15) is 20.8 Å². The van der Waals surface area contributed by atoms with E-state index in [9.17, 15) is 0 Å². The molecule has 0 aromatic carbocycles. The highest BCUT2D eigenvalue weighted by atomic mass is 16.7. The van der Waals surface area contributed by atoms with Crippen molar-refractivity contribution in [3.8, 4) is 0 Å². The molecule has 0 saturated carbocycles. The Hall–Kier alpha value is -0.380. The summed E-state index contributed by atoms with van der Waals surface area (Å²) >= 11 is 0. The first-order valence-corrected chi connectivity index (χ1v) is 4.79. The Morgan fingerprint density at radius 2 is 1.85 bits per heavy atom. The highest BCUT2D eigenvalue weighted by Gasteiger charge is 2.05. The number of hydrogen-bond acceptors (Lipinski definition) is 3. The first-order chi connectivity index (χ1) is 6.20. The summed E-state index contributed by atoms with van der Waals surface area (Å²) in [6.45, 7) is 12.6. The molecule has 0 aliphatic heterocycles. The molecule has 0 bridgehead atoms. The van der Waals surface area contributed by atoms with Gasteiger partial charge >= 0.3 is 0 Å². The summed E-state index contributed by atoms with van der Waals surface area (Å²) in [6, 6.07) is 0. The van der Waals surface area contributed by atoms with E-state index < -0.39 is 0 Å². The first kappa shape index (κ1) is 12.6. The van der Waals surface area contributed by atoms with Crippen molar-refractivity contribution < 1.29 is 9.47 Å². The van der Waals surface area contributed by atoms with Gasteiger partial charge in [0.1, 0.15) is 0 Å². The SMILES string of the molecule is C=C(C)CNCC(OCC)OCC. The molecular formula is C10H21NO2. The Bertz CT molecular complexity index is 131. The summed E-state index contributed by atoms with van der Waals surface area (Å²) in [4.78, 5) is 0. The van der Waals surface area contributed by atoms with Gasteiger partial charge in [0.25, 0.3) is 0 Å². The largest absolute Gasteiger partial charge is 0.352 e. The van der Waals surface area contributed by atoms with Crippen molar-refractivity contribution in [3.63, 3.8) is 0 Å². The zero-order chi connectivity index (χ0) is 10.1. The lowest BCUT2D eigenvalue weighted by molar-refractivity contribution is -0.132. The zero-order valence-electron chi connectivity index (χ0n) is 8.93. The molecule has 0 fully saturated rings. The first-order valence-electron chi connectivity index (χ1n) is 4.79. The molecule has 0 rings (SSSR count). The van der Waals surface area contributed by atoms with Crippen molar-refractivity contribution in [2.24, 2.45) is 0 Å². The van der Waals surface area contributed by atoms with Crippen LogP contribution < -0.4 is 5.32 Å². The lowest BCUT2D eigenvalue weighted by Gasteiger charge is -2.17. The minimum atomic E-state index is -0.130. The van der Waals surface area contributed by atoms with Crippen LogP contribution in [0.4, 0.5) is 0 Å². The molecule has 0 saturated heterocycles. The molecule has 3 heteroatoms. The van der Waals surface area contributed by atoms with Crippen molar-refractivity contribution >= 4 is 0 Å². The van der Waals surface area contributed by atoms with Gasteiger partial charge in [-0.3, -0.25) is 0 Å². The van der Waals surface area contributed by atoms with Crippen molar-refractivity contribution in [1.29, 1.82) is 0 Å². The quantitative estimate of drug-likeness (QED) is 0.462. The van der Waals surface area contributed by atoms with Crippen LogP contribution in [0.25, 0.3) is 0 Å². The summed E-state index contributed by atoms with van der Waals surface area (Å²) in [6.07, 6.45) is -0.130. The normalized spacial score (nSPS) is 10.8. The maximum Gasteiger partial charge on any atom is 0.169 e. The molecule has 0 amide bonds. The maximum atomic E-state index is 5.35. The number of rotatable bonds is 8. The number of ether oxygens (including phenoxy) is 2. The molecule has 0 aliphatic carbocycles. The molecule has 0 spiro atoms. The zero-order valence-corrected chi connectivity index (χ0v) is 8.93. The van der Waals surface area contributed by atoms with Crippen molar-refractivity contribution in [2.75, 3.05) is 26.3 Å². The second-order valence-electron chi connectivity index (χ2n) is 2.93. The fraction of sp³-hybridized carbons (Fsp3) is 0.800. The molecule has 0 heterocycles. The van der Waals surface area contributed by atoms with Crippen LogP contribution in [-0.4, -0.2) is 32.6 Å². The Balaban J connectivity index is 3.49. The molecule has 0 unspecified atom stereocenters. The molecule has 3 nitrogen and oxygen atoms in total. The van der Waals surface area contributed by atoms with Gasteiger partial charge in [-0.1, -0.05) is 12.2 Å². The van der Waals surface area contributed by atoms with E-state index in [4.69, 9.17) is 9.47 Å². The molecule has 0 aromatic heterocycles. The summed E-state index contributed by atoms with van der Waals surface area (Å²) in [5, 5.41) is 3.20. The van der Waals surface area contributed by atoms with Gasteiger partial charge in [0.15, 0.2) is 6.29 Å². The number of hydrogen-bond donors (Lipinski definition) is 1. The average molecular weight is 187 g/mol. The van der Waals surface area contributed by atoms with Crippen molar-refractivity contribution in [3.05, 3.63) is 12.2 Å². The molecule has 0 aliphatic rings. The van der Waals surface area contributed by atoms with Gasteiger partial charge in [0.2, 0.25) is 0 Å². The van der Waals surface area contributed by atoms with Gasteiger partial charge < -0.3 is 14.8 Å². The van der Waals surface area contributed by atoms with E-state index in [0.29, 0.717) is 19.8 Å². The average Bonchev–Trinajstić information content (AvgIpc) is 2.04. The molecule has 0 atom stereocenters. The monoisotopic (exact) mass is 187 g/mol. The third-order valence-corrected chi connectivity index (χ3v) is 1.44. The van der Waals surface area contributed by atoms with Gasteiger partial charge in [-0.05, 0) is 20.8 Å². The van der Waals surface area contributed by atoms with E-state index in [1.165, 1.54) is 0 Å². The van der Waals surface area contributed by atoms with E-state index in [1.807, 2.05) is 20.8 Å². The Morgan fingerprint density at radius 3 is 2.23 bits per heavy atom. The van der Waals surface area contributed by atoms with E-state index in [1.54, 1.807) is 0 Å². The summed E-state index contributed by atoms with van der Waals surface area (Å²) in [5.74, 6) is 0. The van der Waals surface area contributed by atoms with Gasteiger partial charge in [-0.25, -0.2) is 0 Å². The van der Waals surface area contributed by atoms with Crippen LogP contribution in [0, 0.1) is 0 Å². The van der Waals surface area contributed by atoms with Crippen molar-refractivity contribution in [2.45, 2.75) is 27.1 Å². The second-order valence-corrected chi connectivity index (χ2v) is 2.93. The fourth-order valence-electron chi connectivity index (χ4n) is 0.941. The minimum Gasteiger partial charge on any atom is -0.352 e. The molecule has 0 radical (unpaired) electrons. The van der Waals surface area contributed by atoms with E-state index in [2.05, 4.69) is 11.9 Å². The number of nitrogens with one attached hydrogen (secondary N) is 1. The standard InChI is InChI=1S/C10H21NO2/c1-5-12-10(13-6-2)8-11-7-9(3)4/h10-11H,3,5-8H2,1-2,4H3. The second kappa shape index (κ2) is 8.23. The van der Waals surface area contributed by atoms with Crippen LogP contribution in [0.5, 0.6) is 0 Å². The highest BCUT2D eigenvalue weighted by Crippen LogP contribution is 1.93. The Labute approximate surface area is 81.1 Å². The minimum absolute atomic E-state index is 0.130. The highest BCUT2D eigenvalue weighted by molar-refractivity contribution is 4.90. The van der Waals surface area contributed by atoms with Gasteiger partial charge in [0, 0.05) is 26.3 Å². The predicted molar refractivity (Wildman–Crippen MR) is 54.7 cm³/mol. The van der Waals surface area contributed by atoms with Crippen molar-refractivity contribution in [1.82, 2.24) is 5.32 Å². The van der Waals surface area contributed by atoms with Crippen LogP contribution in [0.3, 0.4) is 0 Å². The molecular weight excluding hydrogens is 166 g/mol. The maximum absolute atomic E-state index is 5.35. The molecule has 78 valence electrons. The molecule has 1 N–H and O–H groups in total. The topological polar surface area (TPSA) is 30.5 Å². The summed E-state index contributed by atoms with van der Waals surface area (Å²) < 4.78 is 10.7. The van der Waals surface area contributed by atoms with E-state index in [-0.39, 0.29) is 6.29 Å². The Morgan fingerprint density at radius 1 is 1.31 bits per heavy atom. The van der Waals surface area contributed by atoms with Crippen LogP contribution >= 0.6 is 0 Å². The fourth-order valence-corrected chi connectivity index (χ4v) is 0.941.